The highest BCUT2D eigenvalue weighted by Crippen LogP contribution is 2.16. The Labute approximate surface area is 175 Å². The SMILES string of the molecule is Cc1cc(-c2nnn(CC(=O)NCC(=O)O)n2)cc(C(=O)NCc2ccc(F)cc2)n1. The Hall–Kier alpha value is -4.22. The predicted octanol–water partition coefficient (Wildman–Crippen LogP) is 0.313. The molecule has 0 unspecified atom stereocenters. The summed E-state index contributed by atoms with van der Waals surface area (Å²) in [6, 6.07) is 8.89. The lowest BCUT2D eigenvalue weighted by atomic mass is 10.1. The minimum Gasteiger partial charge on any atom is -0.480 e. The summed E-state index contributed by atoms with van der Waals surface area (Å²) >= 11 is 0. The number of aromatic nitrogens is 5. The smallest absolute Gasteiger partial charge is 0.322 e. The van der Waals surface area contributed by atoms with Crippen molar-refractivity contribution in [1.82, 2.24) is 35.8 Å². The van der Waals surface area contributed by atoms with E-state index in [-0.39, 0.29) is 30.4 Å². The number of aliphatic carboxylic acids is 1. The van der Waals surface area contributed by atoms with Gasteiger partial charge in [0.25, 0.3) is 5.91 Å². The monoisotopic (exact) mass is 427 g/mol. The van der Waals surface area contributed by atoms with E-state index in [4.69, 9.17) is 5.11 Å². The molecule has 2 heterocycles. The maximum atomic E-state index is 13.0. The van der Waals surface area contributed by atoms with Crippen LogP contribution in [0.2, 0.25) is 0 Å². The van der Waals surface area contributed by atoms with Gasteiger partial charge in [0.05, 0.1) is 0 Å². The van der Waals surface area contributed by atoms with Crippen molar-refractivity contribution < 1.29 is 23.9 Å². The number of benzene rings is 1. The van der Waals surface area contributed by atoms with E-state index in [2.05, 4.69) is 31.0 Å². The number of nitrogens with one attached hydrogen (secondary N) is 2. The van der Waals surface area contributed by atoms with Crippen molar-refractivity contribution in [3.63, 3.8) is 0 Å². The van der Waals surface area contributed by atoms with Gasteiger partial charge < -0.3 is 15.7 Å². The van der Waals surface area contributed by atoms with Crippen molar-refractivity contribution in [2.75, 3.05) is 6.54 Å². The van der Waals surface area contributed by atoms with E-state index in [0.717, 1.165) is 10.4 Å². The maximum absolute atomic E-state index is 13.0. The van der Waals surface area contributed by atoms with Gasteiger partial charge in [-0.25, -0.2) is 9.37 Å². The molecule has 0 saturated heterocycles. The van der Waals surface area contributed by atoms with Crippen molar-refractivity contribution in [2.24, 2.45) is 0 Å². The van der Waals surface area contributed by atoms with E-state index >= 15 is 0 Å². The van der Waals surface area contributed by atoms with Crippen LogP contribution in [0.3, 0.4) is 0 Å². The lowest BCUT2D eigenvalue weighted by molar-refractivity contribution is -0.138. The highest BCUT2D eigenvalue weighted by atomic mass is 19.1. The topological polar surface area (TPSA) is 152 Å². The minimum absolute atomic E-state index is 0.132. The first-order valence-electron chi connectivity index (χ1n) is 9.08. The number of carbonyl (C=O) groups is 3. The minimum atomic E-state index is -1.17. The molecule has 1 aromatic carbocycles. The lowest BCUT2D eigenvalue weighted by Gasteiger charge is -2.07. The predicted molar refractivity (Wildman–Crippen MR) is 104 cm³/mol. The van der Waals surface area contributed by atoms with Crippen molar-refractivity contribution in [3.05, 3.63) is 59.2 Å². The van der Waals surface area contributed by atoms with Crippen LogP contribution in [0.5, 0.6) is 0 Å². The fourth-order valence-corrected chi connectivity index (χ4v) is 2.57. The van der Waals surface area contributed by atoms with Crippen LogP contribution in [0.4, 0.5) is 4.39 Å². The van der Waals surface area contributed by atoms with Crippen LogP contribution in [0, 0.1) is 12.7 Å². The van der Waals surface area contributed by atoms with Gasteiger partial charge in [-0.05, 0) is 42.0 Å². The molecule has 0 aliphatic heterocycles. The van der Waals surface area contributed by atoms with Crippen LogP contribution >= 0.6 is 0 Å². The number of nitrogens with zero attached hydrogens (tertiary/aromatic N) is 5. The molecule has 0 aliphatic rings. The fraction of sp³-hybridized carbons (Fsp3) is 0.211. The number of carboxylic acids is 1. The molecule has 0 aliphatic carbocycles. The summed E-state index contributed by atoms with van der Waals surface area (Å²) < 4.78 is 13.0. The zero-order chi connectivity index (χ0) is 22.4. The number of tetrazole rings is 1. The van der Waals surface area contributed by atoms with E-state index in [9.17, 15) is 18.8 Å². The summed E-state index contributed by atoms with van der Waals surface area (Å²) in [5.41, 5.74) is 1.87. The average Bonchev–Trinajstić information content (AvgIpc) is 3.19. The Morgan fingerprint density at radius 2 is 1.87 bits per heavy atom. The van der Waals surface area contributed by atoms with Gasteiger partial charge in [-0.2, -0.15) is 4.80 Å². The van der Waals surface area contributed by atoms with Crippen molar-refractivity contribution in [2.45, 2.75) is 20.0 Å². The van der Waals surface area contributed by atoms with E-state index in [1.54, 1.807) is 25.1 Å². The third kappa shape index (κ3) is 6.13. The Bertz CT molecular complexity index is 1110. The third-order valence-corrected chi connectivity index (χ3v) is 3.99. The number of pyridine rings is 1. The first kappa shape index (κ1) is 21.5. The third-order valence-electron chi connectivity index (χ3n) is 3.99. The van der Waals surface area contributed by atoms with Gasteiger partial charge in [-0.15, -0.1) is 10.2 Å². The number of carbonyl (C=O) groups excluding carboxylic acids is 2. The number of amides is 2. The normalized spacial score (nSPS) is 10.5. The molecule has 2 aromatic heterocycles. The summed E-state index contributed by atoms with van der Waals surface area (Å²) in [5, 5.41) is 25.2. The zero-order valence-electron chi connectivity index (χ0n) is 16.4. The van der Waals surface area contributed by atoms with Crippen LogP contribution in [-0.2, 0) is 22.7 Å². The second-order valence-corrected chi connectivity index (χ2v) is 6.51. The van der Waals surface area contributed by atoms with Crippen LogP contribution in [0.15, 0.2) is 36.4 Å². The summed E-state index contributed by atoms with van der Waals surface area (Å²) in [7, 11) is 0. The van der Waals surface area contributed by atoms with E-state index in [1.807, 2.05) is 0 Å². The first-order chi connectivity index (χ1) is 14.8. The number of aryl methyl sites for hydroxylation is 1. The molecule has 3 N–H and O–H groups in total. The molecule has 3 rings (SSSR count). The van der Waals surface area contributed by atoms with Gasteiger partial charge in [0.1, 0.15) is 24.6 Å². The number of rotatable bonds is 8. The molecule has 0 atom stereocenters. The quantitative estimate of drug-likeness (QED) is 0.465. The van der Waals surface area contributed by atoms with Crippen molar-refractivity contribution >= 4 is 17.8 Å². The molecule has 12 heteroatoms. The first-order valence-corrected chi connectivity index (χ1v) is 9.08. The van der Waals surface area contributed by atoms with Crippen LogP contribution in [-0.4, -0.2) is 54.6 Å². The Balaban J connectivity index is 1.68. The Morgan fingerprint density at radius 3 is 2.58 bits per heavy atom. The van der Waals surface area contributed by atoms with Crippen LogP contribution in [0.25, 0.3) is 11.4 Å². The van der Waals surface area contributed by atoms with Gasteiger partial charge in [0.2, 0.25) is 11.7 Å². The zero-order valence-corrected chi connectivity index (χ0v) is 16.4. The molecule has 0 saturated carbocycles. The molecule has 3 aromatic rings. The largest absolute Gasteiger partial charge is 0.480 e. The molecule has 11 nitrogen and oxygen atoms in total. The summed E-state index contributed by atoms with van der Waals surface area (Å²) in [4.78, 5) is 39.9. The molecular weight excluding hydrogens is 409 g/mol. The van der Waals surface area contributed by atoms with Gasteiger partial charge in [0, 0.05) is 17.8 Å². The summed E-state index contributed by atoms with van der Waals surface area (Å²) in [6.45, 7) is 1.07. The number of halogens is 1. The van der Waals surface area contributed by atoms with Gasteiger partial charge in [-0.3, -0.25) is 14.4 Å². The average molecular weight is 427 g/mol. The molecule has 0 spiro atoms. The van der Waals surface area contributed by atoms with E-state index in [1.165, 1.54) is 18.2 Å². The number of hydrogen-bond donors (Lipinski definition) is 3. The fourth-order valence-electron chi connectivity index (χ4n) is 2.57. The van der Waals surface area contributed by atoms with Crippen LogP contribution in [0.1, 0.15) is 21.7 Å². The molecule has 160 valence electrons. The van der Waals surface area contributed by atoms with Crippen molar-refractivity contribution in [1.29, 1.82) is 0 Å². The van der Waals surface area contributed by atoms with Gasteiger partial charge in [-0.1, -0.05) is 12.1 Å². The molecule has 0 radical (unpaired) electrons. The van der Waals surface area contributed by atoms with E-state index in [0.29, 0.717) is 11.3 Å². The van der Waals surface area contributed by atoms with Crippen molar-refractivity contribution in [3.8, 4) is 11.4 Å². The second kappa shape index (κ2) is 9.52. The second-order valence-electron chi connectivity index (χ2n) is 6.51. The van der Waals surface area contributed by atoms with Gasteiger partial charge in [0.15, 0.2) is 0 Å². The molecule has 2 amide bonds. The van der Waals surface area contributed by atoms with Crippen LogP contribution < -0.4 is 10.6 Å². The summed E-state index contributed by atoms with van der Waals surface area (Å²) in [6.07, 6.45) is 0. The standard InChI is InChI=1S/C19H18FN7O4/c1-11-6-13(18-24-26-27(25-18)10-16(28)21-9-17(29)30)7-15(23-11)19(31)22-8-12-2-4-14(20)5-3-12/h2-7H,8-10H2,1H3,(H,21,28)(H,22,31)(H,29,30). The maximum Gasteiger partial charge on any atom is 0.322 e. The van der Waals surface area contributed by atoms with E-state index < -0.39 is 24.3 Å². The Kier molecular flexibility index (Phi) is 6.60. The molecule has 31 heavy (non-hydrogen) atoms. The number of hydrogen-bond acceptors (Lipinski definition) is 7. The lowest BCUT2D eigenvalue weighted by Crippen LogP contribution is -2.32. The molecule has 0 bridgehead atoms. The number of carboxylic acid groups (broad SMARTS) is 1. The Morgan fingerprint density at radius 1 is 1.13 bits per heavy atom. The highest BCUT2D eigenvalue weighted by molar-refractivity contribution is 5.93. The molecule has 0 fully saturated rings. The van der Waals surface area contributed by atoms with Gasteiger partial charge >= 0.3 is 5.97 Å². The summed E-state index contributed by atoms with van der Waals surface area (Å²) in [5.74, 6) is -2.38. The molecular formula is C19H18FN7O4. The highest BCUT2D eigenvalue weighted by Gasteiger charge is 2.14.